The van der Waals surface area contributed by atoms with Gasteiger partial charge in [0.25, 0.3) is 0 Å². The highest BCUT2D eigenvalue weighted by Gasteiger charge is 2.01. The minimum atomic E-state index is 1.10. The van der Waals surface area contributed by atoms with Gasteiger partial charge >= 0.3 is 0 Å². The van der Waals surface area contributed by atoms with E-state index < -0.39 is 0 Å². The molecule has 14 heavy (non-hydrogen) atoms. The Hall–Kier alpha value is -0.790. The molecule has 1 heterocycles. The van der Waals surface area contributed by atoms with Crippen LogP contribution in [-0.4, -0.2) is 10.2 Å². The smallest absolute Gasteiger partial charge is 0.0522 e. The van der Waals surface area contributed by atoms with Crippen LogP contribution >= 0.6 is 0 Å². The van der Waals surface area contributed by atoms with Gasteiger partial charge in [0.1, 0.15) is 0 Å². The van der Waals surface area contributed by atoms with Gasteiger partial charge in [-0.1, -0.05) is 40.5 Å². The van der Waals surface area contributed by atoms with Crippen LogP contribution in [0.15, 0.2) is 6.20 Å². The van der Waals surface area contributed by atoms with E-state index in [1.165, 1.54) is 30.5 Å². The monoisotopic (exact) mass is 196 g/mol. The number of hydrogen-bond acceptors (Lipinski definition) is 1. The molecule has 1 aromatic heterocycles. The number of rotatable bonds is 5. The number of nitrogens with zero attached hydrogens (tertiary/aromatic N) is 1. The fourth-order valence-electron chi connectivity index (χ4n) is 1.41. The lowest BCUT2D eigenvalue weighted by Gasteiger charge is -1.98. The van der Waals surface area contributed by atoms with Crippen molar-refractivity contribution in [2.75, 3.05) is 0 Å². The Kier molecular flexibility index (Phi) is 8.30. The van der Waals surface area contributed by atoms with Gasteiger partial charge < -0.3 is 0 Å². The SMILES string of the molecule is CC.CCCCCc1[nH]ncc1CC. The number of nitrogens with one attached hydrogen (secondary N) is 1. The Morgan fingerprint density at radius 3 is 2.50 bits per heavy atom. The molecule has 0 aromatic carbocycles. The van der Waals surface area contributed by atoms with Crippen LogP contribution in [0, 0.1) is 0 Å². The average molecular weight is 196 g/mol. The van der Waals surface area contributed by atoms with Crippen molar-refractivity contribution in [1.82, 2.24) is 10.2 Å². The van der Waals surface area contributed by atoms with Crippen molar-refractivity contribution < 1.29 is 0 Å². The van der Waals surface area contributed by atoms with Crippen LogP contribution in [0.4, 0.5) is 0 Å². The van der Waals surface area contributed by atoms with E-state index in [-0.39, 0.29) is 0 Å². The third-order valence-electron chi connectivity index (χ3n) is 2.22. The van der Waals surface area contributed by atoms with Crippen molar-refractivity contribution in [3.63, 3.8) is 0 Å². The zero-order valence-corrected chi connectivity index (χ0v) is 10.1. The molecule has 1 rings (SSSR count). The number of hydrogen-bond donors (Lipinski definition) is 1. The highest BCUT2D eigenvalue weighted by Crippen LogP contribution is 2.09. The number of aromatic amines is 1. The molecule has 2 heteroatoms. The zero-order valence-electron chi connectivity index (χ0n) is 10.1. The second-order valence-corrected chi connectivity index (χ2v) is 3.18. The van der Waals surface area contributed by atoms with Gasteiger partial charge in [-0.15, -0.1) is 0 Å². The number of aromatic nitrogens is 2. The third kappa shape index (κ3) is 4.45. The van der Waals surface area contributed by atoms with Gasteiger partial charge in [0.2, 0.25) is 0 Å². The molecule has 0 saturated carbocycles. The van der Waals surface area contributed by atoms with E-state index >= 15 is 0 Å². The van der Waals surface area contributed by atoms with Crippen LogP contribution in [0.5, 0.6) is 0 Å². The van der Waals surface area contributed by atoms with E-state index in [0.717, 1.165) is 12.8 Å². The molecular weight excluding hydrogens is 172 g/mol. The number of aryl methyl sites for hydroxylation is 2. The van der Waals surface area contributed by atoms with Gasteiger partial charge in [0, 0.05) is 5.69 Å². The summed E-state index contributed by atoms with van der Waals surface area (Å²) < 4.78 is 0. The highest BCUT2D eigenvalue weighted by atomic mass is 15.1. The summed E-state index contributed by atoms with van der Waals surface area (Å²) in [5, 5.41) is 7.11. The lowest BCUT2D eigenvalue weighted by Crippen LogP contribution is -1.90. The van der Waals surface area contributed by atoms with Crippen LogP contribution in [0.2, 0.25) is 0 Å². The molecule has 0 aliphatic rings. The molecule has 0 bridgehead atoms. The quantitative estimate of drug-likeness (QED) is 0.714. The first-order valence-corrected chi connectivity index (χ1v) is 5.89. The molecule has 0 spiro atoms. The molecule has 0 atom stereocenters. The molecule has 82 valence electrons. The molecule has 2 nitrogen and oxygen atoms in total. The summed E-state index contributed by atoms with van der Waals surface area (Å²) in [4.78, 5) is 0. The Morgan fingerprint density at radius 1 is 1.21 bits per heavy atom. The van der Waals surface area contributed by atoms with Crippen molar-refractivity contribution in [1.29, 1.82) is 0 Å². The van der Waals surface area contributed by atoms with Crippen molar-refractivity contribution in [3.8, 4) is 0 Å². The Balaban J connectivity index is 0.000000791. The van der Waals surface area contributed by atoms with Crippen LogP contribution < -0.4 is 0 Å². The molecule has 0 saturated heterocycles. The largest absolute Gasteiger partial charge is 0.282 e. The fraction of sp³-hybridized carbons (Fsp3) is 0.750. The van der Waals surface area contributed by atoms with E-state index in [2.05, 4.69) is 24.0 Å². The van der Waals surface area contributed by atoms with Gasteiger partial charge in [0.15, 0.2) is 0 Å². The molecule has 1 aromatic rings. The first-order chi connectivity index (χ1) is 6.88. The number of unbranched alkanes of at least 4 members (excludes halogenated alkanes) is 2. The van der Waals surface area contributed by atoms with Crippen LogP contribution in [0.3, 0.4) is 0 Å². The molecule has 0 unspecified atom stereocenters. The van der Waals surface area contributed by atoms with Gasteiger partial charge in [-0.2, -0.15) is 5.10 Å². The average Bonchev–Trinajstić information content (AvgIpc) is 2.69. The normalized spacial score (nSPS) is 9.43. The van der Waals surface area contributed by atoms with Gasteiger partial charge in [-0.05, 0) is 24.8 Å². The van der Waals surface area contributed by atoms with E-state index in [4.69, 9.17) is 0 Å². The lowest BCUT2D eigenvalue weighted by molar-refractivity contribution is 0.702. The van der Waals surface area contributed by atoms with Gasteiger partial charge in [-0.25, -0.2) is 0 Å². The predicted molar refractivity (Wildman–Crippen MR) is 62.5 cm³/mol. The minimum Gasteiger partial charge on any atom is -0.282 e. The summed E-state index contributed by atoms with van der Waals surface area (Å²) in [6.45, 7) is 8.40. The molecule has 0 aliphatic carbocycles. The van der Waals surface area contributed by atoms with E-state index in [9.17, 15) is 0 Å². The maximum absolute atomic E-state index is 4.05. The van der Waals surface area contributed by atoms with Crippen LogP contribution in [-0.2, 0) is 12.8 Å². The number of H-pyrrole nitrogens is 1. The molecule has 0 radical (unpaired) electrons. The Labute approximate surface area is 88.1 Å². The molecule has 0 aliphatic heterocycles. The van der Waals surface area contributed by atoms with Crippen LogP contribution in [0.25, 0.3) is 0 Å². The summed E-state index contributed by atoms with van der Waals surface area (Å²) in [6, 6.07) is 0. The molecular formula is C12H24N2. The first-order valence-electron chi connectivity index (χ1n) is 5.89. The van der Waals surface area contributed by atoms with Gasteiger partial charge in [-0.3, -0.25) is 5.10 Å². The lowest BCUT2D eigenvalue weighted by atomic mass is 10.1. The topological polar surface area (TPSA) is 28.7 Å². The zero-order chi connectivity index (χ0) is 10.8. The second kappa shape index (κ2) is 8.79. The standard InChI is InChI=1S/C10H18N2.C2H6/c1-3-5-6-7-10-9(4-2)8-11-12-10;1-2/h8H,3-7H2,1-2H3,(H,11,12);1-2H3. The Morgan fingerprint density at radius 2 is 1.93 bits per heavy atom. The summed E-state index contributed by atoms with van der Waals surface area (Å²) in [5.74, 6) is 0. The Bertz CT molecular complexity index is 216. The van der Waals surface area contributed by atoms with E-state index in [1.54, 1.807) is 0 Å². The van der Waals surface area contributed by atoms with Crippen molar-refractivity contribution in [2.24, 2.45) is 0 Å². The fourth-order valence-corrected chi connectivity index (χ4v) is 1.41. The molecule has 0 fully saturated rings. The van der Waals surface area contributed by atoms with E-state index in [0.29, 0.717) is 0 Å². The van der Waals surface area contributed by atoms with Gasteiger partial charge in [0.05, 0.1) is 6.20 Å². The highest BCUT2D eigenvalue weighted by molar-refractivity contribution is 5.15. The predicted octanol–water partition coefficient (Wildman–Crippen LogP) is 3.73. The van der Waals surface area contributed by atoms with Crippen molar-refractivity contribution in [2.45, 2.75) is 59.8 Å². The first kappa shape index (κ1) is 13.2. The minimum absolute atomic E-state index is 1.10. The van der Waals surface area contributed by atoms with Crippen LogP contribution in [0.1, 0.15) is 58.2 Å². The summed E-state index contributed by atoms with van der Waals surface area (Å²) in [5.41, 5.74) is 2.72. The molecule has 1 N–H and O–H groups in total. The maximum atomic E-state index is 4.05. The third-order valence-corrected chi connectivity index (χ3v) is 2.22. The van der Waals surface area contributed by atoms with Crippen molar-refractivity contribution >= 4 is 0 Å². The summed E-state index contributed by atoms with van der Waals surface area (Å²) >= 11 is 0. The molecule has 0 amide bonds. The summed E-state index contributed by atoms with van der Waals surface area (Å²) in [7, 11) is 0. The summed E-state index contributed by atoms with van der Waals surface area (Å²) in [6.07, 6.45) is 8.10. The van der Waals surface area contributed by atoms with E-state index in [1.807, 2.05) is 20.0 Å². The second-order valence-electron chi connectivity index (χ2n) is 3.18. The van der Waals surface area contributed by atoms with Crippen molar-refractivity contribution in [3.05, 3.63) is 17.5 Å². The maximum Gasteiger partial charge on any atom is 0.0522 e.